The first kappa shape index (κ1) is 23.2. The molecular weight excluding hydrogens is 465 g/mol. The summed E-state index contributed by atoms with van der Waals surface area (Å²) in [6.45, 7) is -0.465. The molecule has 2 amide bonds. The van der Waals surface area contributed by atoms with E-state index in [1.54, 1.807) is 0 Å². The van der Waals surface area contributed by atoms with Gasteiger partial charge in [-0.1, -0.05) is 40.9 Å². The van der Waals surface area contributed by atoms with Gasteiger partial charge in [0.1, 0.15) is 5.75 Å². The summed E-state index contributed by atoms with van der Waals surface area (Å²) in [6, 6.07) is 8.11. The van der Waals surface area contributed by atoms with E-state index in [0.717, 1.165) is 4.31 Å². The first-order valence-electron chi connectivity index (χ1n) is 7.91. The van der Waals surface area contributed by atoms with Crippen LogP contribution in [0.3, 0.4) is 0 Å². The van der Waals surface area contributed by atoms with E-state index in [9.17, 15) is 18.0 Å². The van der Waals surface area contributed by atoms with E-state index in [1.165, 1.54) is 50.5 Å². The number of hydrazine groups is 1. The standard InChI is InChI=1S/C17H16Cl3N3O5S/c1-23(2)29(26,27)11-5-3-4-10(6-11)17(25)22-21-16(24)9-28-15-8-13(19)12(18)7-14(15)20/h3-8H,9H2,1-2H3,(H,21,24)(H,22,25). The average molecular weight is 481 g/mol. The lowest BCUT2D eigenvalue weighted by atomic mass is 10.2. The van der Waals surface area contributed by atoms with Gasteiger partial charge in [-0.3, -0.25) is 20.4 Å². The fourth-order valence-corrected chi connectivity index (χ4v) is 3.54. The van der Waals surface area contributed by atoms with Crippen molar-refractivity contribution in [1.82, 2.24) is 15.2 Å². The van der Waals surface area contributed by atoms with E-state index in [2.05, 4.69) is 10.9 Å². The zero-order valence-electron chi connectivity index (χ0n) is 15.2. The van der Waals surface area contributed by atoms with Gasteiger partial charge in [0, 0.05) is 25.7 Å². The molecule has 0 radical (unpaired) electrons. The molecule has 8 nitrogen and oxygen atoms in total. The number of hydrogen-bond acceptors (Lipinski definition) is 5. The number of carbonyl (C=O) groups is 2. The molecule has 2 rings (SSSR count). The van der Waals surface area contributed by atoms with Crippen molar-refractivity contribution >= 4 is 56.6 Å². The van der Waals surface area contributed by atoms with Crippen molar-refractivity contribution in [1.29, 1.82) is 0 Å². The molecule has 2 aromatic rings. The van der Waals surface area contributed by atoms with E-state index < -0.39 is 28.4 Å². The van der Waals surface area contributed by atoms with Crippen LogP contribution < -0.4 is 15.6 Å². The summed E-state index contributed by atoms with van der Waals surface area (Å²) >= 11 is 17.6. The topological polar surface area (TPSA) is 105 Å². The minimum Gasteiger partial charge on any atom is -0.482 e. The third-order valence-corrected chi connectivity index (χ3v) is 6.35. The molecule has 0 aliphatic heterocycles. The Morgan fingerprint density at radius 1 is 1.00 bits per heavy atom. The van der Waals surface area contributed by atoms with Crippen molar-refractivity contribution in [2.75, 3.05) is 20.7 Å². The highest BCUT2D eigenvalue weighted by Crippen LogP contribution is 2.33. The Morgan fingerprint density at radius 2 is 1.66 bits per heavy atom. The smallest absolute Gasteiger partial charge is 0.276 e. The van der Waals surface area contributed by atoms with E-state index in [-0.39, 0.29) is 31.3 Å². The second-order valence-electron chi connectivity index (χ2n) is 5.80. The molecule has 0 saturated heterocycles. The van der Waals surface area contributed by atoms with Gasteiger partial charge in [0.15, 0.2) is 6.61 Å². The normalized spacial score (nSPS) is 11.2. The first-order valence-corrected chi connectivity index (χ1v) is 10.5. The van der Waals surface area contributed by atoms with Crippen molar-refractivity contribution in [3.8, 4) is 5.75 Å². The SMILES string of the molecule is CN(C)S(=O)(=O)c1cccc(C(=O)NNC(=O)COc2cc(Cl)c(Cl)cc2Cl)c1. The van der Waals surface area contributed by atoms with Gasteiger partial charge in [0.25, 0.3) is 11.8 Å². The van der Waals surface area contributed by atoms with Crippen LogP contribution in [0.15, 0.2) is 41.3 Å². The lowest BCUT2D eigenvalue weighted by Gasteiger charge is -2.13. The Balaban J connectivity index is 1.96. The van der Waals surface area contributed by atoms with Gasteiger partial charge in [0.2, 0.25) is 10.0 Å². The van der Waals surface area contributed by atoms with Crippen LogP contribution in [0.2, 0.25) is 15.1 Å². The van der Waals surface area contributed by atoms with Crippen LogP contribution in [0, 0.1) is 0 Å². The number of halogens is 3. The molecule has 0 heterocycles. The number of benzene rings is 2. The summed E-state index contributed by atoms with van der Waals surface area (Å²) in [6.07, 6.45) is 0. The number of ether oxygens (including phenoxy) is 1. The van der Waals surface area contributed by atoms with Crippen molar-refractivity contribution in [3.63, 3.8) is 0 Å². The minimum atomic E-state index is -3.70. The summed E-state index contributed by atoms with van der Waals surface area (Å²) in [5.41, 5.74) is 4.37. The molecule has 0 spiro atoms. The van der Waals surface area contributed by atoms with Gasteiger partial charge >= 0.3 is 0 Å². The Bertz CT molecular complexity index is 1040. The molecule has 0 atom stereocenters. The largest absolute Gasteiger partial charge is 0.482 e. The van der Waals surface area contributed by atoms with Gasteiger partial charge in [0.05, 0.1) is 20.0 Å². The van der Waals surface area contributed by atoms with Gasteiger partial charge in [-0.25, -0.2) is 12.7 Å². The summed E-state index contributed by atoms with van der Waals surface area (Å²) in [4.78, 5) is 24.0. The molecule has 2 aromatic carbocycles. The summed E-state index contributed by atoms with van der Waals surface area (Å²) in [5, 5.41) is 0.599. The monoisotopic (exact) mass is 479 g/mol. The molecule has 0 saturated carbocycles. The maximum Gasteiger partial charge on any atom is 0.276 e. The Kier molecular flexibility index (Phi) is 7.73. The van der Waals surface area contributed by atoms with E-state index in [0.29, 0.717) is 0 Å². The van der Waals surface area contributed by atoms with Crippen LogP contribution in [-0.2, 0) is 14.8 Å². The van der Waals surface area contributed by atoms with Crippen LogP contribution in [0.1, 0.15) is 10.4 Å². The van der Waals surface area contributed by atoms with Gasteiger partial charge < -0.3 is 4.74 Å². The summed E-state index contributed by atoms with van der Waals surface area (Å²) in [5.74, 6) is -1.25. The number of carbonyl (C=O) groups excluding carboxylic acids is 2. The van der Waals surface area contributed by atoms with Crippen LogP contribution in [-0.4, -0.2) is 45.2 Å². The highest BCUT2D eigenvalue weighted by Gasteiger charge is 2.19. The van der Waals surface area contributed by atoms with Crippen molar-refractivity contribution in [2.24, 2.45) is 0 Å². The molecule has 0 aliphatic carbocycles. The van der Waals surface area contributed by atoms with Gasteiger partial charge in [-0.15, -0.1) is 0 Å². The van der Waals surface area contributed by atoms with Crippen LogP contribution in [0.4, 0.5) is 0 Å². The fraction of sp³-hybridized carbons (Fsp3) is 0.176. The molecule has 2 N–H and O–H groups in total. The molecule has 29 heavy (non-hydrogen) atoms. The highest BCUT2D eigenvalue weighted by molar-refractivity contribution is 7.89. The van der Waals surface area contributed by atoms with Crippen LogP contribution >= 0.6 is 34.8 Å². The highest BCUT2D eigenvalue weighted by atomic mass is 35.5. The number of hydrogen-bond donors (Lipinski definition) is 2. The predicted molar refractivity (Wildman–Crippen MR) is 110 cm³/mol. The summed E-state index contributed by atoms with van der Waals surface area (Å²) < 4.78 is 30.6. The molecule has 0 aliphatic rings. The molecular formula is C17H16Cl3N3O5S. The number of rotatable bonds is 6. The van der Waals surface area contributed by atoms with E-state index in [4.69, 9.17) is 39.5 Å². The zero-order valence-corrected chi connectivity index (χ0v) is 18.3. The van der Waals surface area contributed by atoms with Crippen LogP contribution in [0.25, 0.3) is 0 Å². The number of nitrogens with zero attached hydrogens (tertiary/aromatic N) is 1. The van der Waals surface area contributed by atoms with Crippen LogP contribution in [0.5, 0.6) is 5.75 Å². The van der Waals surface area contributed by atoms with Crippen molar-refractivity contribution in [3.05, 3.63) is 57.0 Å². The first-order chi connectivity index (χ1) is 13.5. The third-order valence-electron chi connectivity index (χ3n) is 3.52. The van der Waals surface area contributed by atoms with Gasteiger partial charge in [-0.05, 0) is 24.3 Å². The Labute approximate surface area is 182 Å². The van der Waals surface area contributed by atoms with E-state index >= 15 is 0 Å². The lowest BCUT2D eigenvalue weighted by molar-refractivity contribution is -0.123. The maximum atomic E-state index is 12.2. The van der Waals surface area contributed by atoms with Crippen molar-refractivity contribution < 1.29 is 22.7 Å². The number of amides is 2. The minimum absolute atomic E-state index is 0.0432. The third kappa shape index (κ3) is 5.97. The Hall–Kier alpha value is -2.04. The fourth-order valence-electron chi connectivity index (χ4n) is 2.00. The maximum absolute atomic E-state index is 12.2. The molecule has 156 valence electrons. The number of nitrogens with one attached hydrogen (secondary N) is 2. The molecule has 0 aromatic heterocycles. The average Bonchev–Trinajstić information content (AvgIpc) is 2.67. The quantitative estimate of drug-likeness (QED) is 0.489. The zero-order chi connectivity index (χ0) is 21.8. The Morgan fingerprint density at radius 3 is 2.31 bits per heavy atom. The molecule has 0 fully saturated rings. The molecule has 0 unspecified atom stereocenters. The van der Waals surface area contributed by atoms with Crippen molar-refractivity contribution in [2.45, 2.75) is 4.90 Å². The van der Waals surface area contributed by atoms with E-state index in [1.807, 2.05) is 0 Å². The second-order valence-corrected chi connectivity index (χ2v) is 9.18. The predicted octanol–water partition coefficient (Wildman–Crippen LogP) is 2.74. The lowest BCUT2D eigenvalue weighted by Crippen LogP contribution is -2.43. The summed E-state index contributed by atoms with van der Waals surface area (Å²) in [7, 11) is -0.946. The second kappa shape index (κ2) is 9.64. The molecule has 12 heteroatoms. The molecule has 0 bridgehead atoms. The number of sulfonamides is 1. The van der Waals surface area contributed by atoms with Gasteiger partial charge in [-0.2, -0.15) is 0 Å².